The molecule has 1 fully saturated rings. The number of anilines is 1. The topological polar surface area (TPSA) is 80.3 Å². The third kappa shape index (κ3) is 4.46. The summed E-state index contributed by atoms with van der Waals surface area (Å²) in [6, 6.07) is 13.5. The molecule has 2 aromatic carbocycles. The van der Waals surface area contributed by atoms with Crippen molar-refractivity contribution in [3.05, 3.63) is 53.0 Å². The molecule has 2 atom stereocenters. The first-order chi connectivity index (χ1) is 14.5. The Morgan fingerprint density at radius 3 is 2.60 bits per heavy atom. The molecule has 1 aromatic heterocycles. The van der Waals surface area contributed by atoms with Crippen LogP contribution in [0.4, 0.5) is 5.69 Å². The summed E-state index contributed by atoms with van der Waals surface area (Å²) in [4.78, 5) is 28.8. The van der Waals surface area contributed by atoms with Crippen LogP contribution in [0.25, 0.3) is 10.2 Å². The van der Waals surface area contributed by atoms with Crippen LogP contribution in [0.2, 0.25) is 0 Å². The highest BCUT2D eigenvalue weighted by molar-refractivity contribution is 7.20. The van der Waals surface area contributed by atoms with Crippen molar-refractivity contribution in [3.8, 4) is 5.75 Å². The van der Waals surface area contributed by atoms with E-state index < -0.39 is 0 Å². The van der Waals surface area contributed by atoms with E-state index in [0.29, 0.717) is 10.6 Å². The number of rotatable bonds is 6. The Morgan fingerprint density at radius 2 is 1.87 bits per heavy atom. The molecule has 0 radical (unpaired) electrons. The third-order valence-electron chi connectivity index (χ3n) is 5.44. The lowest BCUT2D eigenvalue weighted by atomic mass is 9.90. The van der Waals surface area contributed by atoms with E-state index in [1.54, 1.807) is 38.3 Å². The minimum absolute atomic E-state index is 0.0128. The molecule has 1 saturated carbocycles. The fourth-order valence-corrected chi connectivity index (χ4v) is 4.79. The Bertz CT molecular complexity index is 1060. The molecule has 0 unspecified atom stereocenters. The number of carbonyl (C=O) groups excluding carboxylic acids is 2. The first kappa shape index (κ1) is 20.3. The van der Waals surface area contributed by atoms with Crippen LogP contribution in [-0.2, 0) is 0 Å². The molecule has 2 N–H and O–H groups in total. The molecule has 1 aliphatic carbocycles. The normalized spacial score (nSPS) is 18.7. The summed E-state index contributed by atoms with van der Waals surface area (Å²) in [5.74, 6) is 0.662. The van der Waals surface area contributed by atoms with E-state index in [1.807, 2.05) is 18.2 Å². The van der Waals surface area contributed by atoms with E-state index in [-0.39, 0.29) is 23.8 Å². The van der Waals surface area contributed by atoms with Crippen molar-refractivity contribution in [1.82, 2.24) is 10.3 Å². The second-order valence-corrected chi connectivity index (χ2v) is 8.66. The van der Waals surface area contributed by atoms with E-state index in [9.17, 15) is 9.59 Å². The Labute approximate surface area is 179 Å². The number of nitrogens with zero attached hydrogens (tertiary/aromatic N) is 1. The van der Waals surface area contributed by atoms with E-state index >= 15 is 0 Å². The van der Waals surface area contributed by atoms with Gasteiger partial charge >= 0.3 is 0 Å². The molecule has 1 heterocycles. The molecule has 1 aliphatic rings. The summed E-state index contributed by atoms with van der Waals surface area (Å²) < 4.78 is 6.16. The van der Waals surface area contributed by atoms with Crippen molar-refractivity contribution in [2.75, 3.05) is 12.4 Å². The molecular formula is C23H25N3O3S. The Balaban J connectivity index is 1.42. The number of ether oxygens (including phenoxy) is 1. The Kier molecular flexibility index (Phi) is 5.99. The number of amides is 1. The van der Waals surface area contributed by atoms with Crippen molar-refractivity contribution < 1.29 is 14.3 Å². The monoisotopic (exact) mass is 423 g/mol. The number of fused-ring (bicyclic) bond motifs is 1. The van der Waals surface area contributed by atoms with E-state index in [4.69, 9.17) is 4.74 Å². The minimum Gasteiger partial charge on any atom is -0.497 e. The number of aromatic nitrogens is 1. The highest BCUT2D eigenvalue weighted by Crippen LogP contribution is 2.31. The zero-order chi connectivity index (χ0) is 21.1. The molecule has 7 heteroatoms. The smallest absolute Gasteiger partial charge is 0.251 e. The van der Waals surface area contributed by atoms with Gasteiger partial charge in [-0.1, -0.05) is 6.07 Å². The predicted molar refractivity (Wildman–Crippen MR) is 120 cm³/mol. The minimum atomic E-state index is -0.0593. The standard InChI is InChI=1S/C23H25N3O3S/c1-14(27)23-26-21-19(7-4-8-20(21)30-23)24-16-5-3-6-17(13-16)25-22(28)15-9-11-18(29-2)12-10-15/h4,7-12,16-17,24H,3,5-6,13H2,1-2H3,(H,25,28)/t16-,17+/m0/s1. The first-order valence-corrected chi connectivity index (χ1v) is 11.0. The summed E-state index contributed by atoms with van der Waals surface area (Å²) in [5, 5.41) is 7.30. The number of ketones is 1. The van der Waals surface area contributed by atoms with Gasteiger partial charge in [0.05, 0.1) is 17.5 Å². The van der Waals surface area contributed by atoms with Crippen LogP contribution in [0, 0.1) is 0 Å². The van der Waals surface area contributed by atoms with Crippen molar-refractivity contribution in [1.29, 1.82) is 0 Å². The van der Waals surface area contributed by atoms with Crippen molar-refractivity contribution in [2.24, 2.45) is 0 Å². The maximum Gasteiger partial charge on any atom is 0.251 e. The lowest BCUT2D eigenvalue weighted by Crippen LogP contribution is -2.41. The number of nitrogens with one attached hydrogen (secondary N) is 2. The zero-order valence-corrected chi connectivity index (χ0v) is 17.9. The fraction of sp³-hybridized carbons (Fsp3) is 0.348. The van der Waals surface area contributed by atoms with Gasteiger partial charge in [0.2, 0.25) is 0 Å². The molecular weight excluding hydrogens is 398 g/mol. The van der Waals surface area contributed by atoms with Crippen molar-refractivity contribution in [3.63, 3.8) is 0 Å². The zero-order valence-electron chi connectivity index (χ0n) is 17.1. The molecule has 3 aromatic rings. The second-order valence-electron chi connectivity index (χ2n) is 7.63. The lowest BCUT2D eigenvalue weighted by Gasteiger charge is -2.31. The summed E-state index contributed by atoms with van der Waals surface area (Å²) in [6.45, 7) is 1.54. The van der Waals surface area contributed by atoms with Gasteiger partial charge in [-0.05, 0) is 62.1 Å². The average molecular weight is 424 g/mol. The van der Waals surface area contributed by atoms with Crippen LogP contribution in [-0.4, -0.2) is 35.9 Å². The van der Waals surface area contributed by atoms with Gasteiger partial charge in [0.25, 0.3) is 5.91 Å². The molecule has 30 heavy (non-hydrogen) atoms. The summed E-state index contributed by atoms with van der Waals surface area (Å²) >= 11 is 1.42. The maximum atomic E-state index is 12.6. The van der Waals surface area contributed by atoms with Gasteiger partial charge in [-0.25, -0.2) is 4.98 Å². The number of thiazole rings is 1. The predicted octanol–water partition coefficient (Wildman–Crippen LogP) is 4.66. The van der Waals surface area contributed by atoms with Gasteiger partial charge in [-0.3, -0.25) is 9.59 Å². The third-order valence-corrected chi connectivity index (χ3v) is 6.56. The van der Waals surface area contributed by atoms with Gasteiger partial charge in [-0.2, -0.15) is 0 Å². The van der Waals surface area contributed by atoms with Crippen molar-refractivity contribution >= 4 is 38.9 Å². The van der Waals surface area contributed by atoms with Crippen LogP contribution in [0.15, 0.2) is 42.5 Å². The molecule has 1 amide bonds. The van der Waals surface area contributed by atoms with E-state index in [1.165, 1.54) is 11.3 Å². The number of carbonyl (C=O) groups is 2. The Morgan fingerprint density at radius 1 is 1.10 bits per heavy atom. The van der Waals surface area contributed by atoms with Gasteiger partial charge in [0, 0.05) is 24.6 Å². The second kappa shape index (κ2) is 8.83. The average Bonchev–Trinajstić information content (AvgIpc) is 3.20. The van der Waals surface area contributed by atoms with Gasteiger partial charge in [0.1, 0.15) is 11.3 Å². The number of methoxy groups -OCH3 is 1. The summed E-state index contributed by atoms with van der Waals surface area (Å²) in [7, 11) is 1.61. The van der Waals surface area contributed by atoms with Crippen LogP contribution < -0.4 is 15.4 Å². The number of hydrogen-bond donors (Lipinski definition) is 2. The number of Topliss-reactive ketones (excluding diaryl/α,β-unsaturated/α-hetero) is 1. The highest BCUT2D eigenvalue weighted by Gasteiger charge is 2.24. The first-order valence-electron chi connectivity index (χ1n) is 10.2. The molecule has 0 bridgehead atoms. The SMILES string of the molecule is COc1ccc(C(=O)N[C@@H]2CCC[C@H](Nc3cccc4sc(C(C)=O)nc34)C2)cc1. The maximum absolute atomic E-state index is 12.6. The number of hydrogen-bond acceptors (Lipinski definition) is 6. The molecule has 0 saturated heterocycles. The van der Waals surface area contributed by atoms with Crippen molar-refractivity contribution in [2.45, 2.75) is 44.7 Å². The molecule has 0 aliphatic heterocycles. The highest BCUT2D eigenvalue weighted by atomic mass is 32.1. The summed E-state index contributed by atoms with van der Waals surface area (Å²) in [6.07, 6.45) is 3.89. The van der Waals surface area contributed by atoms with Crippen LogP contribution >= 0.6 is 11.3 Å². The molecule has 6 nitrogen and oxygen atoms in total. The van der Waals surface area contributed by atoms with Crippen LogP contribution in [0.3, 0.4) is 0 Å². The van der Waals surface area contributed by atoms with Gasteiger partial charge in [-0.15, -0.1) is 11.3 Å². The summed E-state index contributed by atoms with van der Waals surface area (Å²) in [5.41, 5.74) is 2.43. The van der Waals surface area contributed by atoms with Gasteiger partial charge < -0.3 is 15.4 Å². The molecule has 0 spiro atoms. The van der Waals surface area contributed by atoms with E-state index in [0.717, 1.165) is 47.3 Å². The number of benzene rings is 2. The lowest BCUT2D eigenvalue weighted by molar-refractivity contribution is 0.0925. The molecule has 156 valence electrons. The quantitative estimate of drug-likeness (QED) is 0.564. The van der Waals surface area contributed by atoms with Crippen LogP contribution in [0.1, 0.15) is 52.8 Å². The largest absolute Gasteiger partial charge is 0.497 e. The Hall–Kier alpha value is -2.93. The fourth-order valence-electron chi connectivity index (χ4n) is 3.90. The number of para-hydroxylation sites is 1. The van der Waals surface area contributed by atoms with Crippen LogP contribution in [0.5, 0.6) is 5.75 Å². The van der Waals surface area contributed by atoms with E-state index in [2.05, 4.69) is 15.6 Å². The van der Waals surface area contributed by atoms with Gasteiger partial charge in [0.15, 0.2) is 10.8 Å². The molecule has 4 rings (SSSR count).